The van der Waals surface area contributed by atoms with Crippen molar-refractivity contribution in [3.05, 3.63) is 94.1 Å². The van der Waals surface area contributed by atoms with Crippen LogP contribution in [0.2, 0.25) is 0 Å². The van der Waals surface area contributed by atoms with E-state index >= 15 is 0 Å². The molecule has 3 heteroatoms. The topological polar surface area (TPSA) is 15.5 Å². The van der Waals surface area contributed by atoms with Gasteiger partial charge in [-0.2, -0.15) is 4.58 Å². The molecule has 0 saturated carbocycles. The van der Waals surface area contributed by atoms with E-state index in [2.05, 4.69) is 120 Å². The van der Waals surface area contributed by atoms with E-state index in [0.717, 1.165) is 25.9 Å². The molecule has 2 unspecified atom stereocenters. The van der Waals surface area contributed by atoms with Crippen molar-refractivity contribution in [2.75, 3.05) is 13.1 Å². The number of ether oxygens (including phenoxy) is 1. The zero-order valence-electron chi connectivity index (χ0n) is 26.5. The molecule has 0 fully saturated rings. The van der Waals surface area contributed by atoms with E-state index in [1.807, 2.05) is 13.8 Å². The highest BCUT2D eigenvalue weighted by atomic mass is 16.5. The zero-order valence-corrected chi connectivity index (χ0v) is 26.5. The average Bonchev–Trinajstić information content (AvgIpc) is 3.06. The Balaban J connectivity index is 0.00000142. The minimum Gasteiger partial charge on any atom is -0.365 e. The number of hydrogen-bond acceptors (Lipinski definition) is 2. The van der Waals surface area contributed by atoms with Crippen molar-refractivity contribution >= 4 is 5.71 Å². The Morgan fingerprint density at radius 2 is 1.38 bits per heavy atom. The van der Waals surface area contributed by atoms with Gasteiger partial charge in [0, 0.05) is 63.4 Å². The fraction of sp³-hybridized carbons (Fsp3) is 0.541. The van der Waals surface area contributed by atoms with Gasteiger partial charge in [-0.25, -0.2) is 0 Å². The molecule has 2 aliphatic carbocycles. The summed E-state index contributed by atoms with van der Waals surface area (Å²) in [5.74, 6) is 0. The quantitative estimate of drug-likeness (QED) is 0.288. The lowest BCUT2D eigenvalue weighted by molar-refractivity contribution is -0.476. The molecule has 212 valence electrons. The van der Waals surface area contributed by atoms with Crippen LogP contribution < -0.4 is 0 Å². The van der Waals surface area contributed by atoms with E-state index in [-0.39, 0.29) is 33.9 Å². The number of hydrogen-bond donors (Lipinski definition) is 0. The van der Waals surface area contributed by atoms with Gasteiger partial charge < -0.3 is 9.64 Å². The van der Waals surface area contributed by atoms with Crippen LogP contribution >= 0.6 is 0 Å². The van der Waals surface area contributed by atoms with Crippen molar-refractivity contribution in [1.82, 2.24) is 4.90 Å². The molecule has 7 aliphatic rings. The highest BCUT2D eigenvalue weighted by Gasteiger charge is 2.55. The van der Waals surface area contributed by atoms with Crippen LogP contribution in [0.1, 0.15) is 82.1 Å². The third-order valence-electron chi connectivity index (χ3n) is 10.0. The highest BCUT2D eigenvalue weighted by Crippen LogP contribution is 2.55. The highest BCUT2D eigenvalue weighted by molar-refractivity contribution is 6.06. The Kier molecular flexibility index (Phi) is 6.14. The first kappa shape index (κ1) is 27.5. The molecule has 0 aromatic rings. The number of allylic oxidation sites excluding steroid dienone is 10. The van der Waals surface area contributed by atoms with Crippen LogP contribution in [-0.2, 0) is 4.74 Å². The normalized spacial score (nSPS) is 31.4. The molecule has 0 aromatic heterocycles. The summed E-state index contributed by atoms with van der Waals surface area (Å²) in [7, 11) is 0. The Labute approximate surface area is 242 Å². The van der Waals surface area contributed by atoms with Gasteiger partial charge in [-0.05, 0) is 38.0 Å². The molecule has 0 N–H and O–H groups in total. The first-order valence-corrected chi connectivity index (χ1v) is 15.6. The molecule has 0 bridgehead atoms. The van der Waals surface area contributed by atoms with Crippen molar-refractivity contribution < 1.29 is 9.31 Å². The SMILES string of the molecule is CC.CC1(C)C=CC2=C(C=C1)C(C)(C)C1=C3C=C4C5=[N+](CCC4OC3CCN21)C1=C(C=CC(C)(C)C=C1)C5(C)C. The van der Waals surface area contributed by atoms with Gasteiger partial charge in [-0.3, -0.25) is 0 Å². The fourth-order valence-corrected chi connectivity index (χ4v) is 7.92. The lowest BCUT2D eigenvalue weighted by atomic mass is 9.73. The van der Waals surface area contributed by atoms with E-state index in [1.54, 1.807) is 0 Å². The van der Waals surface area contributed by atoms with Gasteiger partial charge in [0.25, 0.3) is 0 Å². The smallest absolute Gasteiger partial charge is 0.209 e. The zero-order chi connectivity index (χ0) is 28.8. The van der Waals surface area contributed by atoms with Gasteiger partial charge in [0.1, 0.15) is 0 Å². The van der Waals surface area contributed by atoms with Crippen LogP contribution in [0.3, 0.4) is 0 Å². The van der Waals surface area contributed by atoms with E-state index in [9.17, 15) is 0 Å². The summed E-state index contributed by atoms with van der Waals surface area (Å²) in [5, 5.41) is 0. The predicted molar refractivity (Wildman–Crippen MR) is 167 cm³/mol. The molecule has 0 spiro atoms. The molecule has 40 heavy (non-hydrogen) atoms. The minimum atomic E-state index is -0.0610. The van der Waals surface area contributed by atoms with Crippen molar-refractivity contribution in [2.24, 2.45) is 21.7 Å². The van der Waals surface area contributed by atoms with Crippen LogP contribution in [0, 0.1) is 21.7 Å². The number of fused-ring (bicyclic) bond motifs is 6. The van der Waals surface area contributed by atoms with Gasteiger partial charge in [0.15, 0.2) is 12.3 Å². The molecule has 5 aliphatic heterocycles. The molecular weight excluding hydrogens is 488 g/mol. The third-order valence-corrected chi connectivity index (χ3v) is 10.0. The van der Waals surface area contributed by atoms with Gasteiger partial charge in [-0.1, -0.05) is 91.8 Å². The molecular formula is C37H49N2O+. The maximum absolute atomic E-state index is 7.01. The van der Waals surface area contributed by atoms with Gasteiger partial charge in [-0.15, -0.1) is 0 Å². The summed E-state index contributed by atoms with van der Waals surface area (Å²) in [6, 6.07) is 0. The predicted octanol–water partition coefficient (Wildman–Crippen LogP) is 8.42. The maximum atomic E-state index is 7.01. The summed E-state index contributed by atoms with van der Waals surface area (Å²) in [5.41, 5.74) is 11.4. The minimum absolute atomic E-state index is 0.0610. The van der Waals surface area contributed by atoms with Crippen molar-refractivity contribution in [2.45, 2.75) is 94.3 Å². The Bertz CT molecular complexity index is 1440. The summed E-state index contributed by atoms with van der Waals surface area (Å²) in [4.78, 5) is 2.61. The molecule has 0 saturated heterocycles. The maximum Gasteiger partial charge on any atom is 0.209 e. The van der Waals surface area contributed by atoms with Gasteiger partial charge >= 0.3 is 0 Å². The molecule has 7 rings (SSSR count). The summed E-state index contributed by atoms with van der Waals surface area (Å²) >= 11 is 0. The molecule has 3 nitrogen and oxygen atoms in total. The Hall–Kier alpha value is -2.65. The van der Waals surface area contributed by atoms with Crippen molar-refractivity contribution in [1.29, 1.82) is 0 Å². The summed E-state index contributed by atoms with van der Waals surface area (Å²) in [6.07, 6.45) is 24.1. The number of rotatable bonds is 0. The third kappa shape index (κ3) is 3.91. The largest absolute Gasteiger partial charge is 0.365 e. The average molecular weight is 538 g/mol. The molecule has 0 aromatic carbocycles. The molecule has 2 atom stereocenters. The van der Waals surface area contributed by atoms with E-state index in [1.165, 1.54) is 45.1 Å². The van der Waals surface area contributed by atoms with Gasteiger partial charge in [0.05, 0.1) is 17.6 Å². The second-order valence-electron chi connectivity index (χ2n) is 14.6. The summed E-state index contributed by atoms with van der Waals surface area (Å²) < 4.78 is 9.62. The standard InChI is InChI=1S/C35H43N2O.C2H6/c1-32(2)15-9-24-26(11-17-32)36-19-13-28-22(30(36)34(24,5)6)21-23-29(38-28)14-20-37-27-12-18-33(3,4)16-10-25(27)35(7,8)31(23)37;1-2/h9-12,15-18,21,28-29H,13-14,19-20H2,1-8H3;1-2H3/q+1;. The van der Waals surface area contributed by atoms with Crippen LogP contribution in [0.4, 0.5) is 0 Å². The number of nitrogens with zero attached hydrogens (tertiary/aromatic N) is 2. The first-order chi connectivity index (χ1) is 18.8. The van der Waals surface area contributed by atoms with E-state index in [0.29, 0.717) is 0 Å². The summed E-state index contributed by atoms with van der Waals surface area (Å²) in [6.45, 7) is 24.8. The first-order valence-electron chi connectivity index (χ1n) is 15.6. The van der Waals surface area contributed by atoms with E-state index in [4.69, 9.17) is 4.74 Å². The van der Waals surface area contributed by atoms with Gasteiger partial charge in [0.2, 0.25) is 5.70 Å². The van der Waals surface area contributed by atoms with Crippen LogP contribution in [0.15, 0.2) is 94.1 Å². The molecule has 0 amide bonds. The lowest BCUT2D eigenvalue weighted by Crippen LogP contribution is -2.47. The fourth-order valence-electron chi connectivity index (χ4n) is 7.92. The second-order valence-corrected chi connectivity index (χ2v) is 14.6. The van der Waals surface area contributed by atoms with Crippen LogP contribution in [-0.4, -0.2) is 40.5 Å². The monoisotopic (exact) mass is 537 g/mol. The van der Waals surface area contributed by atoms with E-state index < -0.39 is 0 Å². The van der Waals surface area contributed by atoms with Crippen LogP contribution in [0.25, 0.3) is 0 Å². The Morgan fingerprint density at radius 3 is 2.08 bits per heavy atom. The second kappa shape index (κ2) is 8.92. The van der Waals surface area contributed by atoms with Crippen LogP contribution in [0.5, 0.6) is 0 Å². The molecule has 5 heterocycles. The Morgan fingerprint density at radius 1 is 0.750 bits per heavy atom. The lowest BCUT2D eigenvalue weighted by Gasteiger charge is -2.43. The molecule has 0 radical (unpaired) electrons. The van der Waals surface area contributed by atoms with Crippen molar-refractivity contribution in [3.8, 4) is 0 Å². The van der Waals surface area contributed by atoms with Crippen molar-refractivity contribution in [3.63, 3.8) is 0 Å².